The van der Waals surface area contributed by atoms with Gasteiger partial charge in [0.05, 0.1) is 18.8 Å². The number of nitrogens with two attached hydrogens (primary N) is 1. The summed E-state index contributed by atoms with van der Waals surface area (Å²) < 4.78 is 11.3. The van der Waals surface area contributed by atoms with Gasteiger partial charge in [-0.1, -0.05) is 24.3 Å². The summed E-state index contributed by atoms with van der Waals surface area (Å²) in [5.41, 5.74) is 7.78. The van der Waals surface area contributed by atoms with Crippen molar-refractivity contribution in [3.05, 3.63) is 48.6 Å². The van der Waals surface area contributed by atoms with Crippen LogP contribution in [0.4, 0.5) is 0 Å². The van der Waals surface area contributed by atoms with Gasteiger partial charge in [0.2, 0.25) is 0 Å². The van der Waals surface area contributed by atoms with E-state index in [-0.39, 0.29) is 5.78 Å². The molecule has 1 aromatic carbocycles. The quantitative estimate of drug-likeness (QED) is 0.686. The van der Waals surface area contributed by atoms with Crippen LogP contribution in [0, 0.1) is 0 Å². The van der Waals surface area contributed by atoms with E-state index in [1.165, 1.54) is 5.56 Å². The average molecular weight is 305 g/mol. The van der Waals surface area contributed by atoms with Crippen LogP contribution in [0.3, 0.4) is 0 Å². The molecule has 1 heterocycles. The molecule has 1 saturated heterocycles. The number of rotatable bonds is 4. The Balaban J connectivity index is 0.00000116. The van der Waals surface area contributed by atoms with Crippen LogP contribution in [0.25, 0.3) is 0 Å². The summed E-state index contributed by atoms with van der Waals surface area (Å²) in [5, 5.41) is 0. The van der Waals surface area contributed by atoms with Crippen molar-refractivity contribution in [1.29, 1.82) is 0 Å². The van der Waals surface area contributed by atoms with E-state index < -0.39 is 11.3 Å². The highest BCUT2D eigenvalue weighted by atomic mass is 16.7. The first-order valence-corrected chi connectivity index (χ1v) is 7.46. The number of ether oxygens (including phenoxy) is 2. The first-order chi connectivity index (χ1) is 10.3. The molecule has 1 aliphatic heterocycles. The monoisotopic (exact) mass is 305 g/mol. The van der Waals surface area contributed by atoms with Gasteiger partial charge in [0.15, 0.2) is 11.6 Å². The summed E-state index contributed by atoms with van der Waals surface area (Å²) in [6, 6.07) is 7.68. The van der Waals surface area contributed by atoms with Crippen molar-refractivity contribution in [2.24, 2.45) is 5.73 Å². The van der Waals surface area contributed by atoms with Crippen LogP contribution in [-0.2, 0) is 15.9 Å². The van der Waals surface area contributed by atoms with E-state index in [0.717, 1.165) is 18.4 Å². The molecule has 4 heteroatoms. The molecule has 4 nitrogen and oxygen atoms in total. The molecule has 0 amide bonds. The average Bonchev–Trinajstić information content (AvgIpc) is 2.51. The molecule has 22 heavy (non-hydrogen) atoms. The Morgan fingerprint density at radius 1 is 1.18 bits per heavy atom. The fourth-order valence-electron chi connectivity index (χ4n) is 2.16. The lowest BCUT2D eigenvalue weighted by atomic mass is 9.92. The van der Waals surface area contributed by atoms with Crippen molar-refractivity contribution in [2.75, 3.05) is 13.2 Å². The Kier molecular flexibility index (Phi) is 6.48. The van der Waals surface area contributed by atoms with Gasteiger partial charge in [-0.25, -0.2) is 0 Å². The standard InChI is InChI=1S/C16H23NO3.C2H4/c1-12(18)14-6-4-13(5-7-14)8-9-16(17)10-19-15(2,3)20-11-16;1-2/h4-7H,8-11,17H2,1-3H3;1-2H2. The molecule has 0 spiro atoms. The van der Waals surface area contributed by atoms with Gasteiger partial charge in [-0.3, -0.25) is 4.79 Å². The maximum atomic E-state index is 11.2. The van der Waals surface area contributed by atoms with Crippen molar-refractivity contribution in [2.45, 2.75) is 44.9 Å². The Hall–Kier alpha value is -1.49. The molecule has 0 saturated carbocycles. The van der Waals surface area contributed by atoms with Gasteiger partial charge in [-0.2, -0.15) is 0 Å². The second-order valence-corrected chi connectivity index (χ2v) is 6.09. The zero-order valence-electron chi connectivity index (χ0n) is 13.9. The molecule has 2 rings (SSSR count). The highest BCUT2D eigenvalue weighted by Crippen LogP contribution is 2.25. The smallest absolute Gasteiger partial charge is 0.162 e. The van der Waals surface area contributed by atoms with Crippen LogP contribution in [-0.4, -0.2) is 30.3 Å². The lowest BCUT2D eigenvalue weighted by Gasteiger charge is -2.41. The van der Waals surface area contributed by atoms with E-state index in [9.17, 15) is 4.79 Å². The van der Waals surface area contributed by atoms with Crippen molar-refractivity contribution >= 4 is 5.78 Å². The van der Waals surface area contributed by atoms with Crippen molar-refractivity contribution in [3.63, 3.8) is 0 Å². The summed E-state index contributed by atoms with van der Waals surface area (Å²) in [6.07, 6.45) is 1.64. The maximum absolute atomic E-state index is 11.2. The molecule has 1 aromatic rings. The summed E-state index contributed by atoms with van der Waals surface area (Å²) in [7, 11) is 0. The summed E-state index contributed by atoms with van der Waals surface area (Å²) in [5.74, 6) is -0.449. The Morgan fingerprint density at radius 2 is 1.68 bits per heavy atom. The zero-order chi connectivity index (χ0) is 16.8. The van der Waals surface area contributed by atoms with Gasteiger partial charge < -0.3 is 15.2 Å². The number of carbonyl (C=O) groups excluding carboxylic acids is 1. The lowest BCUT2D eigenvalue weighted by molar-refractivity contribution is -0.267. The minimum Gasteiger partial charge on any atom is -0.349 e. The van der Waals surface area contributed by atoms with Gasteiger partial charge in [0, 0.05) is 5.56 Å². The van der Waals surface area contributed by atoms with E-state index >= 15 is 0 Å². The molecule has 0 aliphatic carbocycles. The van der Waals surface area contributed by atoms with Gasteiger partial charge >= 0.3 is 0 Å². The minimum absolute atomic E-state index is 0.0863. The van der Waals surface area contributed by atoms with E-state index in [1.54, 1.807) is 6.92 Å². The Labute approximate surface area is 133 Å². The third kappa shape index (κ3) is 5.37. The molecular weight excluding hydrogens is 278 g/mol. The molecular formula is C18H27NO3. The molecule has 0 unspecified atom stereocenters. The van der Waals surface area contributed by atoms with Gasteiger partial charge in [0.25, 0.3) is 0 Å². The maximum Gasteiger partial charge on any atom is 0.162 e. The van der Waals surface area contributed by atoms with Crippen LogP contribution in [0.1, 0.15) is 43.1 Å². The van der Waals surface area contributed by atoms with Crippen LogP contribution in [0.15, 0.2) is 37.4 Å². The summed E-state index contributed by atoms with van der Waals surface area (Å²) in [6.45, 7) is 12.4. The Morgan fingerprint density at radius 3 is 2.14 bits per heavy atom. The second-order valence-electron chi connectivity index (χ2n) is 6.09. The second kappa shape index (κ2) is 7.68. The lowest BCUT2D eigenvalue weighted by Crippen LogP contribution is -2.57. The number of hydrogen-bond acceptors (Lipinski definition) is 4. The number of Topliss-reactive ketones (excluding diaryl/α,β-unsaturated/α-hetero) is 1. The van der Waals surface area contributed by atoms with Crippen LogP contribution >= 0.6 is 0 Å². The first kappa shape index (κ1) is 18.6. The van der Waals surface area contributed by atoms with E-state index in [1.807, 2.05) is 38.1 Å². The fraction of sp³-hybridized carbons (Fsp3) is 0.500. The van der Waals surface area contributed by atoms with E-state index in [4.69, 9.17) is 15.2 Å². The van der Waals surface area contributed by atoms with Crippen LogP contribution < -0.4 is 5.73 Å². The zero-order valence-corrected chi connectivity index (χ0v) is 13.9. The van der Waals surface area contributed by atoms with E-state index in [0.29, 0.717) is 13.2 Å². The largest absolute Gasteiger partial charge is 0.349 e. The molecule has 0 aromatic heterocycles. The van der Waals surface area contributed by atoms with E-state index in [2.05, 4.69) is 13.2 Å². The van der Waals surface area contributed by atoms with Crippen LogP contribution in [0.5, 0.6) is 0 Å². The normalized spacial score (nSPS) is 18.9. The Bertz CT molecular complexity index is 484. The fourth-order valence-corrected chi connectivity index (χ4v) is 2.16. The molecule has 1 fully saturated rings. The van der Waals surface area contributed by atoms with Crippen molar-refractivity contribution in [1.82, 2.24) is 0 Å². The number of hydrogen-bond donors (Lipinski definition) is 1. The number of benzene rings is 1. The molecule has 1 aliphatic rings. The predicted molar refractivity (Wildman–Crippen MR) is 88.9 cm³/mol. The third-order valence-electron chi connectivity index (χ3n) is 3.69. The minimum atomic E-state index is -0.536. The summed E-state index contributed by atoms with van der Waals surface area (Å²) in [4.78, 5) is 11.2. The predicted octanol–water partition coefficient (Wildman–Crippen LogP) is 3.10. The SMILES string of the molecule is C=C.CC(=O)c1ccc(CCC2(N)COC(C)(C)OC2)cc1. The third-order valence-corrected chi connectivity index (χ3v) is 3.69. The highest BCUT2D eigenvalue weighted by molar-refractivity contribution is 5.93. The van der Waals surface area contributed by atoms with Gasteiger partial charge in [0.1, 0.15) is 0 Å². The van der Waals surface area contributed by atoms with Crippen molar-refractivity contribution < 1.29 is 14.3 Å². The van der Waals surface area contributed by atoms with Gasteiger partial charge in [-0.15, -0.1) is 13.2 Å². The van der Waals surface area contributed by atoms with Crippen LogP contribution in [0.2, 0.25) is 0 Å². The van der Waals surface area contributed by atoms with Gasteiger partial charge in [-0.05, 0) is 39.2 Å². The van der Waals surface area contributed by atoms with Crippen molar-refractivity contribution in [3.8, 4) is 0 Å². The number of aryl methyl sites for hydroxylation is 1. The first-order valence-electron chi connectivity index (χ1n) is 7.46. The molecule has 0 atom stereocenters. The number of ketones is 1. The molecule has 0 radical (unpaired) electrons. The highest BCUT2D eigenvalue weighted by Gasteiger charge is 2.36. The molecule has 2 N–H and O–H groups in total. The topological polar surface area (TPSA) is 61.6 Å². The molecule has 122 valence electrons. The summed E-state index contributed by atoms with van der Waals surface area (Å²) >= 11 is 0. The molecule has 0 bridgehead atoms. The number of carbonyl (C=O) groups is 1.